The monoisotopic (exact) mass is 358 g/mol. The van der Waals surface area contributed by atoms with Gasteiger partial charge in [0.05, 0.1) is 12.5 Å². The third kappa shape index (κ3) is 4.06. The van der Waals surface area contributed by atoms with E-state index in [1.807, 2.05) is 12.1 Å². The van der Waals surface area contributed by atoms with Gasteiger partial charge in [-0.25, -0.2) is 0 Å². The molecule has 140 valence electrons. The molecule has 1 aliphatic carbocycles. The van der Waals surface area contributed by atoms with Crippen LogP contribution in [0.3, 0.4) is 0 Å². The van der Waals surface area contributed by atoms with Gasteiger partial charge in [-0.2, -0.15) is 0 Å². The van der Waals surface area contributed by atoms with E-state index >= 15 is 0 Å². The fourth-order valence-corrected chi connectivity index (χ4v) is 3.99. The van der Waals surface area contributed by atoms with Crippen LogP contribution in [-0.2, 0) is 20.8 Å². The van der Waals surface area contributed by atoms with E-state index in [-0.39, 0.29) is 30.2 Å². The van der Waals surface area contributed by atoms with Crippen molar-refractivity contribution >= 4 is 17.8 Å². The molecule has 0 spiro atoms. The lowest BCUT2D eigenvalue weighted by molar-refractivity contribution is -0.146. The number of fused-ring (bicyclic) bond motifs is 1. The van der Waals surface area contributed by atoms with Crippen LogP contribution in [0.15, 0.2) is 24.3 Å². The molecule has 2 aliphatic rings. The van der Waals surface area contributed by atoms with Crippen molar-refractivity contribution < 1.29 is 19.5 Å². The standard InChI is InChI=1S/C20H26N2O4/c1-21(13-19(24)22-10-8-15(9-11-22)20(25)26)18(23)12-16-7-6-14-4-2-3-5-17(14)16/h2-5,15-16H,6-13H2,1H3,(H,25,26). The Hall–Kier alpha value is -2.37. The first-order valence-corrected chi connectivity index (χ1v) is 9.28. The maximum absolute atomic E-state index is 12.5. The van der Waals surface area contributed by atoms with Crippen molar-refractivity contribution in [1.29, 1.82) is 0 Å². The van der Waals surface area contributed by atoms with Crippen LogP contribution in [0.25, 0.3) is 0 Å². The molecular weight excluding hydrogens is 332 g/mol. The van der Waals surface area contributed by atoms with Gasteiger partial charge in [-0.1, -0.05) is 24.3 Å². The number of carbonyl (C=O) groups is 3. The maximum atomic E-state index is 12.5. The molecule has 1 unspecified atom stereocenters. The topological polar surface area (TPSA) is 77.9 Å². The van der Waals surface area contributed by atoms with E-state index in [9.17, 15) is 14.4 Å². The van der Waals surface area contributed by atoms with E-state index in [1.54, 1.807) is 11.9 Å². The van der Waals surface area contributed by atoms with Gasteiger partial charge < -0.3 is 14.9 Å². The Kier molecular flexibility index (Phi) is 5.59. The van der Waals surface area contributed by atoms with Gasteiger partial charge in [0.15, 0.2) is 0 Å². The Morgan fingerprint density at radius 3 is 2.54 bits per heavy atom. The first-order chi connectivity index (χ1) is 12.5. The molecule has 1 aromatic carbocycles. The molecule has 1 aromatic rings. The van der Waals surface area contributed by atoms with E-state index < -0.39 is 5.97 Å². The largest absolute Gasteiger partial charge is 0.481 e. The van der Waals surface area contributed by atoms with E-state index in [0.29, 0.717) is 32.4 Å². The van der Waals surface area contributed by atoms with Crippen molar-refractivity contribution in [3.8, 4) is 0 Å². The maximum Gasteiger partial charge on any atom is 0.306 e. The summed E-state index contributed by atoms with van der Waals surface area (Å²) in [5.41, 5.74) is 2.58. The smallest absolute Gasteiger partial charge is 0.306 e. The Labute approximate surface area is 153 Å². The molecule has 0 radical (unpaired) electrons. The van der Waals surface area contributed by atoms with Gasteiger partial charge in [-0.05, 0) is 42.7 Å². The average molecular weight is 358 g/mol. The average Bonchev–Trinajstić information content (AvgIpc) is 3.04. The fraction of sp³-hybridized carbons (Fsp3) is 0.550. The number of hydrogen-bond acceptors (Lipinski definition) is 3. The minimum absolute atomic E-state index is 0.0134. The van der Waals surface area contributed by atoms with Crippen LogP contribution < -0.4 is 0 Å². The van der Waals surface area contributed by atoms with E-state index in [1.165, 1.54) is 16.0 Å². The van der Waals surface area contributed by atoms with Gasteiger partial charge in [0.2, 0.25) is 11.8 Å². The van der Waals surface area contributed by atoms with Gasteiger partial charge in [-0.15, -0.1) is 0 Å². The lowest BCUT2D eigenvalue weighted by atomic mass is 9.97. The molecule has 2 amide bonds. The summed E-state index contributed by atoms with van der Waals surface area (Å²) in [5, 5.41) is 9.03. The fourth-order valence-electron chi connectivity index (χ4n) is 3.99. The Morgan fingerprint density at radius 1 is 1.15 bits per heavy atom. The van der Waals surface area contributed by atoms with Gasteiger partial charge in [0.1, 0.15) is 0 Å². The van der Waals surface area contributed by atoms with Crippen LogP contribution in [0.1, 0.15) is 42.7 Å². The number of rotatable bonds is 5. The number of carboxylic acid groups (broad SMARTS) is 1. The van der Waals surface area contributed by atoms with Gasteiger partial charge >= 0.3 is 5.97 Å². The number of aryl methyl sites for hydroxylation is 1. The van der Waals surface area contributed by atoms with Crippen molar-refractivity contribution in [2.24, 2.45) is 5.92 Å². The van der Waals surface area contributed by atoms with Crippen LogP contribution in [0, 0.1) is 5.92 Å². The van der Waals surface area contributed by atoms with E-state index in [4.69, 9.17) is 5.11 Å². The number of aliphatic carboxylic acids is 1. The molecule has 1 aliphatic heterocycles. The number of nitrogens with zero attached hydrogens (tertiary/aromatic N) is 2. The summed E-state index contributed by atoms with van der Waals surface area (Å²) in [7, 11) is 1.67. The van der Waals surface area contributed by atoms with Crippen molar-refractivity contribution in [3.63, 3.8) is 0 Å². The normalized spacial score (nSPS) is 19.9. The molecule has 1 saturated heterocycles. The number of carbonyl (C=O) groups excluding carboxylic acids is 2. The third-order valence-electron chi connectivity index (χ3n) is 5.67. The summed E-state index contributed by atoms with van der Waals surface area (Å²) < 4.78 is 0. The molecule has 6 heteroatoms. The number of likely N-dealkylation sites (tertiary alicyclic amines) is 1. The molecule has 1 atom stereocenters. The Morgan fingerprint density at radius 2 is 1.85 bits per heavy atom. The van der Waals surface area contributed by atoms with Crippen LogP contribution >= 0.6 is 0 Å². The molecule has 3 rings (SSSR count). The minimum Gasteiger partial charge on any atom is -0.481 e. The zero-order chi connectivity index (χ0) is 18.7. The first-order valence-electron chi connectivity index (χ1n) is 9.28. The first kappa shape index (κ1) is 18.4. The quantitative estimate of drug-likeness (QED) is 0.872. The highest BCUT2D eigenvalue weighted by Gasteiger charge is 2.29. The minimum atomic E-state index is -0.791. The zero-order valence-corrected chi connectivity index (χ0v) is 15.2. The van der Waals surface area contributed by atoms with Crippen molar-refractivity contribution in [3.05, 3.63) is 35.4 Å². The molecule has 0 saturated carbocycles. The van der Waals surface area contributed by atoms with Crippen LogP contribution in [0.2, 0.25) is 0 Å². The summed E-state index contributed by atoms with van der Waals surface area (Å²) in [6.07, 6.45) is 3.39. The second kappa shape index (κ2) is 7.89. The summed E-state index contributed by atoms with van der Waals surface area (Å²) in [6, 6.07) is 8.25. The molecule has 26 heavy (non-hydrogen) atoms. The van der Waals surface area contributed by atoms with Crippen LogP contribution in [0.5, 0.6) is 0 Å². The Bertz CT molecular complexity index is 695. The van der Waals surface area contributed by atoms with Gasteiger partial charge in [0.25, 0.3) is 0 Å². The van der Waals surface area contributed by atoms with Crippen LogP contribution in [-0.4, -0.2) is 59.4 Å². The predicted octanol–water partition coefficient (Wildman–Crippen LogP) is 1.89. The summed E-state index contributed by atoms with van der Waals surface area (Å²) in [5.74, 6) is -1.03. The molecular formula is C20H26N2O4. The second-order valence-electron chi connectivity index (χ2n) is 7.38. The predicted molar refractivity (Wildman–Crippen MR) is 96.7 cm³/mol. The summed E-state index contributed by atoms with van der Waals surface area (Å²) >= 11 is 0. The number of carboxylic acids is 1. The highest BCUT2D eigenvalue weighted by Crippen LogP contribution is 2.35. The van der Waals surface area contributed by atoms with Crippen molar-refractivity contribution in [2.45, 2.75) is 38.0 Å². The summed E-state index contributed by atoms with van der Waals surface area (Å²) in [6.45, 7) is 0.965. The summed E-state index contributed by atoms with van der Waals surface area (Å²) in [4.78, 5) is 39.1. The molecule has 1 heterocycles. The number of hydrogen-bond donors (Lipinski definition) is 1. The number of likely N-dealkylation sites (N-methyl/N-ethyl adjacent to an activating group) is 1. The second-order valence-corrected chi connectivity index (χ2v) is 7.38. The molecule has 6 nitrogen and oxygen atoms in total. The third-order valence-corrected chi connectivity index (χ3v) is 5.67. The number of piperidine rings is 1. The lowest BCUT2D eigenvalue weighted by Gasteiger charge is -2.31. The van der Waals surface area contributed by atoms with Gasteiger partial charge in [0, 0.05) is 26.6 Å². The Balaban J connectivity index is 1.49. The highest BCUT2D eigenvalue weighted by atomic mass is 16.4. The number of amides is 2. The molecule has 0 aromatic heterocycles. The van der Waals surface area contributed by atoms with Crippen molar-refractivity contribution in [2.75, 3.05) is 26.7 Å². The molecule has 0 bridgehead atoms. The van der Waals surface area contributed by atoms with Crippen molar-refractivity contribution in [1.82, 2.24) is 9.80 Å². The van der Waals surface area contributed by atoms with E-state index in [2.05, 4.69) is 12.1 Å². The lowest BCUT2D eigenvalue weighted by Crippen LogP contribution is -2.45. The number of benzene rings is 1. The van der Waals surface area contributed by atoms with Gasteiger partial charge in [-0.3, -0.25) is 14.4 Å². The van der Waals surface area contributed by atoms with Crippen LogP contribution in [0.4, 0.5) is 0 Å². The highest BCUT2D eigenvalue weighted by molar-refractivity contribution is 5.85. The van der Waals surface area contributed by atoms with E-state index in [0.717, 1.165) is 12.8 Å². The molecule has 1 N–H and O–H groups in total. The SMILES string of the molecule is CN(CC(=O)N1CCC(C(=O)O)CC1)C(=O)CC1CCc2ccccc21. The molecule has 1 fully saturated rings. The zero-order valence-electron chi connectivity index (χ0n) is 15.2.